The minimum atomic E-state index is -0.957. The molecule has 160 valence electrons. The lowest BCUT2D eigenvalue weighted by Gasteiger charge is -2.44. The number of carbonyl (C=O) groups is 1. The number of anilines is 1. The third-order valence-corrected chi connectivity index (χ3v) is 6.67. The normalized spacial score (nSPS) is 22.2. The Hall–Kier alpha value is -3.00. The zero-order chi connectivity index (χ0) is 21.8. The molecule has 0 aliphatic carbocycles. The predicted molar refractivity (Wildman–Crippen MR) is 119 cm³/mol. The molecule has 1 saturated heterocycles. The summed E-state index contributed by atoms with van der Waals surface area (Å²) >= 11 is 0. The lowest BCUT2D eigenvalue weighted by molar-refractivity contribution is -0.128. The van der Waals surface area contributed by atoms with Crippen LogP contribution in [0.5, 0.6) is 0 Å². The lowest BCUT2D eigenvalue weighted by Crippen LogP contribution is -2.60. The Bertz CT molecular complexity index is 1110. The zero-order valence-electron chi connectivity index (χ0n) is 18.1. The molecule has 1 unspecified atom stereocenters. The summed E-state index contributed by atoms with van der Waals surface area (Å²) in [5.74, 6) is 7.03. The van der Waals surface area contributed by atoms with Gasteiger partial charge in [-0.25, -0.2) is 10.9 Å². The molecule has 1 fully saturated rings. The number of nitrogens with two attached hydrogens (primary N) is 1. The van der Waals surface area contributed by atoms with E-state index in [2.05, 4.69) is 28.1 Å². The summed E-state index contributed by atoms with van der Waals surface area (Å²) in [4.78, 5) is 18.5. The SMILES string of the molecule is Cc1noc(C)c1-c1ccc2c(c1)C(c1ccccc1)(N1CCN(C)CC1)C(=O)N2N. The first-order valence-corrected chi connectivity index (χ1v) is 10.6. The van der Waals surface area contributed by atoms with Crippen molar-refractivity contribution in [2.24, 2.45) is 5.84 Å². The van der Waals surface area contributed by atoms with E-state index in [0.717, 1.165) is 65.6 Å². The van der Waals surface area contributed by atoms with Gasteiger partial charge in [0.1, 0.15) is 5.76 Å². The van der Waals surface area contributed by atoms with Gasteiger partial charge in [-0.3, -0.25) is 9.69 Å². The molecular formula is C24H27N5O2. The Morgan fingerprint density at radius 2 is 1.74 bits per heavy atom. The maximum atomic E-state index is 13.9. The van der Waals surface area contributed by atoms with Crippen LogP contribution in [0.4, 0.5) is 5.69 Å². The van der Waals surface area contributed by atoms with Crippen molar-refractivity contribution >= 4 is 11.6 Å². The van der Waals surface area contributed by atoms with Gasteiger partial charge >= 0.3 is 0 Å². The summed E-state index contributed by atoms with van der Waals surface area (Å²) in [6, 6.07) is 16.0. The number of aromatic nitrogens is 1. The van der Waals surface area contributed by atoms with Gasteiger partial charge in [0.2, 0.25) is 0 Å². The third kappa shape index (κ3) is 2.85. The Morgan fingerprint density at radius 3 is 2.39 bits per heavy atom. The molecule has 31 heavy (non-hydrogen) atoms. The van der Waals surface area contributed by atoms with Crippen molar-refractivity contribution in [2.45, 2.75) is 19.4 Å². The summed E-state index contributed by atoms with van der Waals surface area (Å²) in [6.07, 6.45) is 0. The van der Waals surface area contributed by atoms with Crippen LogP contribution in [0.15, 0.2) is 53.1 Å². The van der Waals surface area contributed by atoms with Crippen LogP contribution in [0.3, 0.4) is 0 Å². The number of hydrogen-bond acceptors (Lipinski definition) is 6. The number of hydrogen-bond donors (Lipinski definition) is 1. The molecule has 2 aliphatic rings. The smallest absolute Gasteiger partial charge is 0.271 e. The van der Waals surface area contributed by atoms with Crippen molar-refractivity contribution in [3.63, 3.8) is 0 Å². The lowest BCUT2D eigenvalue weighted by atomic mass is 9.80. The van der Waals surface area contributed by atoms with Crippen LogP contribution in [0.2, 0.25) is 0 Å². The fourth-order valence-electron chi connectivity index (χ4n) is 5.07. The predicted octanol–water partition coefficient (Wildman–Crippen LogP) is 2.67. The van der Waals surface area contributed by atoms with Gasteiger partial charge in [-0.15, -0.1) is 0 Å². The zero-order valence-corrected chi connectivity index (χ0v) is 18.1. The van der Waals surface area contributed by atoms with Crippen LogP contribution in [0.25, 0.3) is 11.1 Å². The first kappa shape index (κ1) is 19.9. The molecule has 2 N–H and O–H groups in total. The van der Waals surface area contributed by atoms with Crippen molar-refractivity contribution < 1.29 is 9.32 Å². The largest absolute Gasteiger partial charge is 0.361 e. The highest BCUT2D eigenvalue weighted by atomic mass is 16.5. The number of hydrazine groups is 1. The average Bonchev–Trinajstić information content (AvgIpc) is 3.23. The number of benzene rings is 2. The second kappa shape index (κ2) is 7.30. The number of piperazine rings is 1. The van der Waals surface area contributed by atoms with Gasteiger partial charge in [-0.05, 0) is 44.2 Å². The van der Waals surface area contributed by atoms with Crippen molar-refractivity contribution in [2.75, 3.05) is 38.2 Å². The number of aryl methyl sites for hydroxylation is 2. The van der Waals surface area contributed by atoms with E-state index in [0.29, 0.717) is 0 Å². The Kier molecular flexibility index (Phi) is 4.69. The van der Waals surface area contributed by atoms with Crippen molar-refractivity contribution in [1.82, 2.24) is 15.0 Å². The maximum absolute atomic E-state index is 13.9. The van der Waals surface area contributed by atoms with E-state index in [1.165, 1.54) is 5.01 Å². The van der Waals surface area contributed by atoms with E-state index in [9.17, 15) is 4.79 Å². The Morgan fingerprint density at radius 1 is 1.03 bits per heavy atom. The molecule has 3 aromatic rings. The van der Waals surface area contributed by atoms with E-state index >= 15 is 0 Å². The van der Waals surface area contributed by atoms with E-state index < -0.39 is 5.54 Å². The van der Waals surface area contributed by atoms with Gasteiger partial charge in [0.05, 0.1) is 11.4 Å². The standard InChI is InChI=1S/C24H27N5O2/c1-16-22(17(2)31-26-16)18-9-10-21-20(15-18)24(23(30)29(21)25,19-7-5-4-6-8-19)28-13-11-27(3)12-14-28/h4-10,15H,11-14,25H2,1-3H3. The average molecular weight is 418 g/mol. The molecule has 1 amide bonds. The van der Waals surface area contributed by atoms with E-state index in [-0.39, 0.29) is 5.91 Å². The van der Waals surface area contributed by atoms with E-state index in [1.807, 2.05) is 56.3 Å². The second-order valence-electron chi connectivity index (χ2n) is 8.47. The molecule has 2 aliphatic heterocycles. The molecule has 0 bridgehead atoms. The molecule has 1 aromatic heterocycles. The first-order valence-electron chi connectivity index (χ1n) is 10.6. The van der Waals surface area contributed by atoms with Gasteiger partial charge in [-0.2, -0.15) is 0 Å². The minimum Gasteiger partial charge on any atom is -0.361 e. The third-order valence-electron chi connectivity index (χ3n) is 6.67. The van der Waals surface area contributed by atoms with E-state index in [1.54, 1.807) is 0 Å². The highest BCUT2D eigenvalue weighted by Crippen LogP contribution is 2.49. The fourth-order valence-corrected chi connectivity index (χ4v) is 5.07. The van der Waals surface area contributed by atoms with Gasteiger partial charge < -0.3 is 9.42 Å². The minimum absolute atomic E-state index is 0.117. The molecule has 0 radical (unpaired) electrons. The Balaban J connectivity index is 1.76. The number of fused-ring (bicyclic) bond motifs is 1. The molecule has 2 aromatic carbocycles. The van der Waals surface area contributed by atoms with Crippen LogP contribution in [-0.4, -0.2) is 54.1 Å². The molecule has 7 heteroatoms. The summed E-state index contributed by atoms with van der Waals surface area (Å²) in [7, 11) is 2.11. The number of carbonyl (C=O) groups excluding carboxylic acids is 1. The molecular weight excluding hydrogens is 390 g/mol. The van der Waals surface area contributed by atoms with Gasteiger partial charge in [0.25, 0.3) is 5.91 Å². The van der Waals surface area contributed by atoms with Crippen LogP contribution < -0.4 is 10.9 Å². The number of rotatable bonds is 3. The van der Waals surface area contributed by atoms with Crippen LogP contribution in [0.1, 0.15) is 22.6 Å². The summed E-state index contributed by atoms with van der Waals surface area (Å²) in [5, 5.41) is 5.43. The number of likely N-dealkylation sites (N-methyl/N-ethyl adjacent to an activating group) is 1. The number of nitrogens with zero attached hydrogens (tertiary/aromatic N) is 4. The molecule has 1 atom stereocenters. The van der Waals surface area contributed by atoms with Gasteiger partial charge in [0, 0.05) is 37.3 Å². The second-order valence-corrected chi connectivity index (χ2v) is 8.47. The fraction of sp³-hybridized carbons (Fsp3) is 0.333. The van der Waals surface area contributed by atoms with Crippen molar-refractivity contribution in [3.8, 4) is 11.1 Å². The van der Waals surface area contributed by atoms with Crippen LogP contribution in [-0.2, 0) is 10.3 Å². The molecule has 5 rings (SSSR count). The highest BCUT2D eigenvalue weighted by molar-refractivity contribution is 6.09. The summed E-state index contributed by atoms with van der Waals surface area (Å²) < 4.78 is 5.41. The quantitative estimate of drug-likeness (QED) is 0.521. The number of amides is 1. The van der Waals surface area contributed by atoms with Crippen molar-refractivity contribution in [3.05, 3.63) is 71.1 Å². The summed E-state index contributed by atoms with van der Waals surface area (Å²) in [5.41, 5.74) is 4.41. The first-order chi connectivity index (χ1) is 14.9. The molecule has 7 nitrogen and oxygen atoms in total. The van der Waals surface area contributed by atoms with Crippen LogP contribution >= 0.6 is 0 Å². The topological polar surface area (TPSA) is 78.8 Å². The monoisotopic (exact) mass is 417 g/mol. The highest BCUT2D eigenvalue weighted by Gasteiger charge is 2.56. The molecule has 0 saturated carbocycles. The van der Waals surface area contributed by atoms with Gasteiger partial charge in [0.15, 0.2) is 5.54 Å². The van der Waals surface area contributed by atoms with Crippen molar-refractivity contribution in [1.29, 1.82) is 0 Å². The van der Waals surface area contributed by atoms with Crippen LogP contribution in [0, 0.1) is 13.8 Å². The Labute approximate surface area is 182 Å². The van der Waals surface area contributed by atoms with E-state index in [4.69, 9.17) is 10.4 Å². The van der Waals surface area contributed by atoms with Gasteiger partial charge in [-0.1, -0.05) is 41.6 Å². The maximum Gasteiger partial charge on any atom is 0.271 e. The molecule has 3 heterocycles. The summed E-state index contributed by atoms with van der Waals surface area (Å²) in [6.45, 7) is 7.19. The molecule has 0 spiro atoms.